The molecule has 0 amide bonds. The second kappa shape index (κ2) is 11.4. The van der Waals surface area contributed by atoms with Gasteiger partial charge in [-0.05, 0) is 64.0 Å². The number of aromatic nitrogens is 4. The number of nitrogens with zero attached hydrogens (tertiary/aromatic N) is 4. The Bertz CT molecular complexity index is 3190. The van der Waals surface area contributed by atoms with Crippen molar-refractivity contribution >= 4 is 74.9 Å². The van der Waals surface area contributed by atoms with Crippen molar-refractivity contribution in [2.24, 2.45) is 0 Å². The molecule has 4 nitrogen and oxygen atoms in total. The second-order valence-corrected chi connectivity index (χ2v) is 14.2. The Hall–Kier alpha value is -6.69. The predicted octanol–water partition coefficient (Wildman–Crippen LogP) is 12.6. The number of hydrogen-bond donors (Lipinski definition) is 0. The normalized spacial score (nSPS) is 11.8. The number of rotatable bonds is 4. The fourth-order valence-corrected chi connectivity index (χ4v) is 9.18. The van der Waals surface area contributed by atoms with Gasteiger partial charge >= 0.3 is 0 Å². The SMILES string of the molecule is c1ccc(-n2c3ccccc3c3cc(-c4nc(-c5cccc6ccccc56)nc(-c5cccc6c5sc5c7ccccc7ccc65)n4)ccc32)cc1. The Morgan fingerprint density at radius 2 is 0.962 bits per heavy atom. The van der Waals surface area contributed by atoms with Crippen molar-refractivity contribution in [2.45, 2.75) is 0 Å². The highest BCUT2D eigenvalue weighted by molar-refractivity contribution is 7.27. The van der Waals surface area contributed by atoms with Crippen LogP contribution < -0.4 is 0 Å². The first kappa shape index (κ1) is 29.1. The minimum atomic E-state index is 0.648. The molecule has 8 aromatic carbocycles. The number of para-hydroxylation sites is 2. The largest absolute Gasteiger partial charge is 0.309 e. The summed E-state index contributed by atoms with van der Waals surface area (Å²) in [4.78, 5) is 15.8. The standard InChI is InChI=1S/C47H28N4S/c1-2-15-32(16-3-1)51-41-23-9-8-19-35(41)40-28-31(25-27-42(40)51)45-48-46(38-21-10-14-29-12-4-6-17-33(29)38)50-47(49-45)39-22-11-20-36-37-26-24-30-13-5-7-18-34(30)43(37)52-44(36)39/h1-28H. The van der Waals surface area contributed by atoms with Crippen molar-refractivity contribution in [2.75, 3.05) is 0 Å². The van der Waals surface area contributed by atoms with E-state index in [0.29, 0.717) is 17.5 Å². The van der Waals surface area contributed by atoms with Crippen molar-refractivity contribution in [1.82, 2.24) is 19.5 Å². The van der Waals surface area contributed by atoms with Crippen LogP contribution in [0.4, 0.5) is 0 Å². The molecule has 3 aromatic heterocycles. The molecule has 11 aromatic rings. The zero-order valence-corrected chi connectivity index (χ0v) is 28.7. The van der Waals surface area contributed by atoms with Gasteiger partial charge in [-0.3, -0.25) is 0 Å². The Kier molecular flexibility index (Phi) is 6.39. The van der Waals surface area contributed by atoms with Crippen molar-refractivity contribution in [3.63, 3.8) is 0 Å². The van der Waals surface area contributed by atoms with Gasteiger partial charge in [0.05, 0.1) is 11.0 Å². The topological polar surface area (TPSA) is 43.6 Å². The summed E-state index contributed by atoms with van der Waals surface area (Å²) in [6.45, 7) is 0. The van der Waals surface area contributed by atoms with Gasteiger partial charge < -0.3 is 4.57 Å². The minimum Gasteiger partial charge on any atom is -0.309 e. The molecule has 242 valence electrons. The van der Waals surface area contributed by atoms with E-state index in [0.717, 1.165) is 49.6 Å². The van der Waals surface area contributed by atoms with Gasteiger partial charge in [0, 0.05) is 53.3 Å². The molecule has 0 atom stereocenters. The summed E-state index contributed by atoms with van der Waals surface area (Å²) < 4.78 is 4.79. The van der Waals surface area contributed by atoms with Gasteiger partial charge in [-0.1, -0.05) is 127 Å². The summed E-state index contributed by atoms with van der Waals surface area (Å²) in [6, 6.07) is 60.1. The highest BCUT2D eigenvalue weighted by atomic mass is 32.1. The first-order chi connectivity index (χ1) is 25.8. The van der Waals surface area contributed by atoms with E-state index in [1.54, 1.807) is 0 Å². The minimum absolute atomic E-state index is 0.648. The Labute approximate surface area is 302 Å². The highest BCUT2D eigenvalue weighted by Crippen LogP contribution is 2.43. The summed E-state index contributed by atoms with van der Waals surface area (Å²) in [5, 5.41) is 9.59. The Morgan fingerprint density at radius 1 is 0.365 bits per heavy atom. The second-order valence-electron chi connectivity index (χ2n) is 13.2. The van der Waals surface area contributed by atoms with Gasteiger partial charge in [0.2, 0.25) is 0 Å². The summed E-state index contributed by atoms with van der Waals surface area (Å²) in [7, 11) is 0. The van der Waals surface area contributed by atoms with Gasteiger partial charge in [-0.15, -0.1) is 11.3 Å². The predicted molar refractivity (Wildman–Crippen MR) is 218 cm³/mol. The van der Waals surface area contributed by atoms with Crippen molar-refractivity contribution in [3.8, 4) is 39.9 Å². The lowest BCUT2D eigenvalue weighted by molar-refractivity contribution is 1.08. The molecule has 0 aliphatic carbocycles. The lowest BCUT2D eigenvalue weighted by atomic mass is 10.0. The third kappa shape index (κ3) is 4.43. The number of fused-ring (bicyclic) bond motifs is 9. The molecular formula is C47H28N4S. The van der Waals surface area contributed by atoms with E-state index < -0.39 is 0 Å². The molecule has 0 saturated heterocycles. The molecule has 3 heterocycles. The monoisotopic (exact) mass is 680 g/mol. The number of thiophene rings is 1. The molecule has 0 saturated carbocycles. The Balaban J connectivity index is 1.18. The third-order valence-corrected chi connectivity index (χ3v) is 11.5. The van der Waals surface area contributed by atoms with Crippen LogP contribution in [0, 0.1) is 0 Å². The highest BCUT2D eigenvalue weighted by Gasteiger charge is 2.20. The average Bonchev–Trinajstić information content (AvgIpc) is 3.77. The summed E-state index contributed by atoms with van der Waals surface area (Å²) in [5.41, 5.74) is 6.38. The van der Waals surface area contributed by atoms with Gasteiger partial charge in [-0.2, -0.15) is 0 Å². The fourth-order valence-electron chi connectivity index (χ4n) is 7.84. The van der Waals surface area contributed by atoms with Gasteiger partial charge in [-0.25, -0.2) is 15.0 Å². The van der Waals surface area contributed by atoms with Crippen LogP contribution in [0.25, 0.3) is 103 Å². The molecule has 0 spiro atoms. The van der Waals surface area contributed by atoms with Crippen LogP contribution in [0.3, 0.4) is 0 Å². The number of benzene rings is 8. The van der Waals surface area contributed by atoms with Gasteiger partial charge in [0.15, 0.2) is 17.5 Å². The molecular weight excluding hydrogens is 653 g/mol. The van der Waals surface area contributed by atoms with E-state index in [9.17, 15) is 0 Å². The van der Waals surface area contributed by atoms with Crippen molar-refractivity contribution < 1.29 is 0 Å². The molecule has 11 rings (SSSR count). The quantitative estimate of drug-likeness (QED) is 0.186. The van der Waals surface area contributed by atoms with Gasteiger partial charge in [0.25, 0.3) is 0 Å². The fraction of sp³-hybridized carbons (Fsp3) is 0. The first-order valence-electron chi connectivity index (χ1n) is 17.5. The maximum Gasteiger partial charge on any atom is 0.165 e. The smallest absolute Gasteiger partial charge is 0.165 e. The van der Waals surface area contributed by atoms with E-state index in [1.165, 1.54) is 36.3 Å². The van der Waals surface area contributed by atoms with Crippen LogP contribution in [0.15, 0.2) is 170 Å². The van der Waals surface area contributed by atoms with Crippen LogP contribution in [-0.2, 0) is 0 Å². The maximum absolute atomic E-state index is 5.29. The van der Waals surface area contributed by atoms with Crippen molar-refractivity contribution in [1.29, 1.82) is 0 Å². The zero-order valence-electron chi connectivity index (χ0n) is 27.9. The van der Waals surface area contributed by atoms with Crippen LogP contribution in [-0.4, -0.2) is 19.5 Å². The van der Waals surface area contributed by atoms with Crippen LogP contribution in [0.2, 0.25) is 0 Å². The average molecular weight is 681 g/mol. The molecule has 0 radical (unpaired) electrons. The van der Waals surface area contributed by atoms with E-state index in [2.05, 4.69) is 174 Å². The Morgan fingerprint density at radius 3 is 1.83 bits per heavy atom. The van der Waals surface area contributed by atoms with Crippen LogP contribution in [0.5, 0.6) is 0 Å². The molecule has 52 heavy (non-hydrogen) atoms. The lowest BCUT2D eigenvalue weighted by Gasteiger charge is -2.11. The van der Waals surface area contributed by atoms with E-state index >= 15 is 0 Å². The molecule has 0 fully saturated rings. The summed E-state index contributed by atoms with van der Waals surface area (Å²) >= 11 is 1.82. The zero-order chi connectivity index (χ0) is 34.2. The first-order valence-corrected chi connectivity index (χ1v) is 18.3. The van der Waals surface area contributed by atoms with E-state index in [-0.39, 0.29) is 0 Å². The lowest BCUT2D eigenvalue weighted by Crippen LogP contribution is -2.01. The van der Waals surface area contributed by atoms with Crippen molar-refractivity contribution in [3.05, 3.63) is 170 Å². The number of hydrogen-bond acceptors (Lipinski definition) is 4. The summed E-state index contributed by atoms with van der Waals surface area (Å²) in [5.74, 6) is 1.98. The molecule has 0 bridgehead atoms. The van der Waals surface area contributed by atoms with Crippen LogP contribution >= 0.6 is 11.3 Å². The molecule has 0 unspecified atom stereocenters. The molecule has 5 heteroatoms. The molecule has 0 aliphatic rings. The van der Waals surface area contributed by atoms with E-state index in [1.807, 2.05) is 11.3 Å². The molecule has 0 N–H and O–H groups in total. The third-order valence-electron chi connectivity index (χ3n) is 10.2. The summed E-state index contributed by atoms with van der Waals surface area (Å²) in [6.07, 6.45) is 0. The van der Waals surface area contributed by atoms with E-state index in [4.69, 9.17) is 15.0 Å². The van der Waals surface area contributed by atoms with Gasteiger partial charge in [0.1, 0.15) is 0 Å². The maximum atomic E-state index is 5.29. The molecule has 0 aliphatic heterocycles. The van der Waals surface area contributed by atoms with Crippen LogP contribution in [0.1, 0.15) is 0 Å².